The molecule has 27 heavy (non-hydrogen) atoms. The molecule has 7 heteroatoms. The number of carbonyl (C=O) groups is 1. The Morgan fingerprint density at radius 3 is 2.74 bits per heavy atom. The fourth-order valence-electron chi connectivity index (χ4n) is 3.21. The van der Waals surface area contributed by atoms with Gasteiger partial charge in [-0.2, -0.15) is 0 Å². The Morgan fingerprint density at radius 2 is 2.11 bits per heavy atom. The van der Waals surface area contributed by atoms with Crippen molar-refractivity contribution in [3.05, 3.63) is 70.2 Å². The van der Waals surface area contributed by atoms with Gasteiger partial charge in [0.25, 0.3) is 5.91 Å². The van der Waals surface area contributed by atoms with Crippen molar-refractivity contribution in [1.29, 1.82) is 0 Å². The standard InChI is InChI=1S/C20H19N3O4/c1-12-9-17(16-3-2-8-26-16)27-20(25)18(12)19(24)23-14-6-4-13(5-7-14)15-10-21-11-22-15/h4-7,9-11,16H,2-3,8H2,1H3,(H,21,22)(H,23,24). The van der Waals surface area contributed by atoms with E-state index in [1.807, 2.05) is 12.1 Å². The smallest absolute Gasteiger partial charge is 0.349 e. The molecule has 1 fully saturated rings. The van der Waals surface area contributed by atoms with E-state index in [2.05, 4.69) is 15.3 Å². The molecule has 0 aliphatic carbocycles. The lowest BCUT2D eigenvalue weighted by molar-refractivity contribution is 0.0895. The monoisotopic (exact) mass is 365 g/mol. The van der Waals surface area contributed by atoms with E-state index in [1.54, 1.807) is 37.6 Å². The Hall–Kier alpha value is -3.19. The molecule has 1 amide bonds. The van der Waals surface area contributed by atoms with Gasteiger partial charge in [0.1, 0.15) is 17.4 Å². The van der Waals surface area contributed by atoms with E-state index in [0.29, 0.717) is 23.6 Å². The van der Waals surface area contributed by atoms with Gasteiger partial charge in [-0.25, -0.2) is 9.78 Å². The van der Waals surface area contributed by atoms with Gasteiger partial charge in [0, 0.05) is 12.3 Å². The van der Waals surface area contributed by atoms with E-state index < -0.39 is 11.5 Å². The van der Waals surface area contributed by atoms with Crippen LogP contribution in [0.3, 0.4) is 0 Å². The van der Waals surface area contributed by atoms with E-state index in [1.165, 1.54) is 0 Å². The number of rotatable bonds is 4. The molecule has 0 radical (unpaired) electrons. The molecule has 3 aromatic rings. The van der Waals surface area contributed by atoms with Crippen LogP contribution < -0.4 is 10.9 Å². The van der Waals surface area contributed by atoms with Crippen LogP contribution >= 0.6 is 0 Å². The van der Waals surface area contributed by atoms with Crippen LogP contribution in [0.2, 0.25) is 0 Å². The lowest BCUT2D eigenvalue weighted by Crippen LogP contribution is -2.23. The van der Waals surface area contributed by atoms with E-state index in [4.69, 9.17) is 9.15 Å². The van der Waals surface area contributed by atoms with Crippen LogP contribution in [0.15, 0.2) is 52.1 Å². The molecule has 2 aromatic heterocycles. The first-order valence-electron chi connectivity index (χ1n) is 8.78. The third-order valence-electron chi connectivity index (χ3n) is 4.59. The van der Waals surface area contributed by atoms with Crippen molar-refractivity contribution in [1.82, 2.24) is 9.97 Å². The highest BCUT2D eigenvalue weighted by atomic mass is 16.5. The number of benzene rings is 1. The maximum atomic E-state index is 12.6. The van der Waals surface area contributed by atoms with Crippen LogP contribution in [-0.2, 0) is 4.74 Å². The summed E-state index contributed by atoms with van der Waals surface area (Å²) in [5, 5.41) is 2.75. The van der Waals surface area contributed by atoms with Gasteiger partial charge < -0.3 is 19.5 Å². The number of hydrogen-bond acceptors (Lipinski definition) is 5. The van der Waals surface area contributed by atoms with Crippen LogP contribution in [0.1, 0.15) is 40.6 Å². The Bertz CT molecular complexity index is 1000. The first kappa shape index (κ1) is 17.2. The van der Waals surface area contributed by atoms with Crippen molar-refractivity contribution >= 4 is 11.6 Å². The number of amides is 1. The summed E-state index contributed by atoms with van der Waals surface area (Å²) in [5.41, 5.74) is 2.35. The molecule has 1 unspecified atom stereocenters. The summed E-state index contributed by atoms with van der Waals surface area (Å²) >= 11 is 0. The molecule has 1 atom stereocenters. The van der Waals surface area contributed by atoms with Gasteiger partial charge in [0.05, 0.1) is 18.2 Å². The lowest BCUT2D eigenvalue weighted by atomic mass is 10.1. The van der Waals surface area contributed by atoms with Gasteiger partial charge in [-0.1, -0.05) is 12.1 Å². The summed E-state index contributed by atoms with van der Waals surface area (Å²) in [6.45, 7) is 2.38. The molecular weight excluding hydrogens is 346 g/mol. The average Bonchev–Trinajstić information content (AvgIpc) is 3.36. The van der Waals surface area contributed by atoms with Crippen molar-refractivity contribution in [2.45, 2.75) is 25.9 Å². The van der Waals surface area contributed by atoms with Gasteiger partial charge in [-0.05, 0) is 49.1 Å². The number of aromatic amines is 1. The number of ether oxygens (including phenoxy) is 1. The highest BCUT2D eigenvalue weighted by molar-refractivity contribution is 6.05. The summed E-state index contributed by atoms with van der Waals surface area (Å²) in [4.78, 5) is 32.0. The van der Waals surface area contributed by atoms with Crippen molar-refractivity contribution in [2.75, 3.05) is 11.9 Å². The highest BCUT2D eigenvalue weighted by Gasteiger charge is 2.24. The van der Waals surface area contributed by atoms with Crippen molar-refractivity contribution in [3.8, 4) is 11.3 Å². The molecule has 1 aromatic carbocycles. The van der Waals surface area contributed by atoms with E-state index >= 15 is 0 Å². The number of carbonyl (C=O) groups excluding carboxylic acids is 1. The second-order valence-corrected chi connectivity index (χ2v) is 6.49. The minimum Gasteiger partial charge on any atom is -0.424 e. The second kappa shape index (κ2) is 7.20. The SMILES string of the molecule is Cc1cc(C2CCCO2)oc(=O)c1C(=O)Nc1ccc(-c2cnc[nH]2)cc1. The van der Waals surface area contributed by atoms with Gasteiger partial charge >= 0.3 is 5.63 Å². The normalized spacial score (nSPS) is 16.4. The minimum absolute atomic E-state index is 0.00870. The van der Waals surface area contributed by atoms with Gasteiger partial charge in [0.2, 0.25) is 0 Å². The fraction of sp³-hybridized carbons (Fsp3) is 0.250. The number of imidazole rings is 1. The Labute approximate surface area is 155 Å². The second-order valence-electron chi connectivity index (χ2n) is 6.49. The third kappa shape index (κ3) is 3.54. The predicted molar refractivity (Wildman–Crippen MR) is 99.6 cm³/mol. The van der Waals surface area contributed by atoms with Crippen LogP contribution in [-0.4, -0.2) is 22.5 Å². The molecule has 0 saturated carbocycles. The predicted octanol–water partition coefficient (Wildman–Crippen LogP) is 3.44. The largest absolute Gasteiger partial charge is 0.424 e. The van der Waals surface area contributed by atoms with Crippen LogP contribution in [0, 0.1) is 6.92 Å². The number of hydrogen-bond donors (Lipinski definition) is 2. The average molecular weight is 365 g/mol. The summed E-state index contributed by atoms with van der Waals surface area (Å²) in [7, 11) is 0. The van der Waals surface area contributed by atoms with Gasteiger partial charge in [-0.3, -0.25) is 4.79 Å². The molecule has 4 rings (SSSR count). The Balaban J connectivity index is 1.53. The molecular formula is C20H19N3O4. The first-order valence-corrected chi connectivity index (χ1v) is 8.78. The molecule has 1 saturated heterocycles. The van der Waals surface area contributed by atoms with E-state index in [9.17, 15) is 9.59 Å². The zero-order valence-electron chi connectivity index (χ0n) is 14.8. The molecule has 1 aliphatic heterocycles. The summed E-state index contributed by atoms with van der Waals surface area (Å²) in [5.74, 6) is -0.00936. The topological polar surface area (TPSA) is 97.2 Å². The quantitative estimate of drug-likeness (QED) is 0.738. The number of anilines is 1. The number of nitrogens with one attached hydrogen (secondary N) is 2. The van der Waals surface area contributed by atoms with Gasteiger partial charge in [-0.15, -0.1) is 0 Å². The molecule has 138 valence electrons. The van der Waals surface area contributed by atoms with Crippen molar-refractivity contribution in [2.24, 2.45) is 0 Å². The van der Waals surface area contributed by atoms with E-state index in [-0.39, 0.29) is 11.7 Å². The number of nitrogens with zero attached hydrogens (tertiary/aromatic N) is 1. The maximum Gasteiger partial charge on any atom is 0.349 e. The van der Waals surface area contributed by atoms with Crippen LogP contribution in [0.5, 0.6) is 0 Å². The first-order chi connectivity index (χ1) is 13.1. The molecule has 2 N–H and O–H groups in total. The molecule has 3 heterocycles. The molecule has 1 aliphatic rings. The number of H-pyrrole nitrogens is 1. The lowest BCUT2D eigenvalue weighted by Gasteiger charge is -2.11. The molecule has 0 bridgehead atoms. The summed E-state index contributed by atoms with van der Waals surface area (Å²) in [6.07, 6.45) is 4.87. The number of aryl methyl sites for hydroxylation is 1. The Kier molecular flexibility index (Phi) is 4.60. The van der Waals surface area contributed by atoms with Gasteiger partial charge in [0.15, 0.2) is 0 Å². The molecule has 7 nitrogen and oxygen atoms in total. The van der Waals surface area contributed by atoms with Crippen LogP contribution in [0.25, 0.3) is 11.3 Å². The maximum absolute atomic E-state index is 12.6. The zero-order valence-corrected chi connectivity index (χ0v) is 14.8. The summed E-state index contributed by atoms with van der Waals surface area (Å²) in [6, 6.07) is 8.98. The fourth-order valence-corrected chi connectivity index (χ4v) is 3.21. The third-order valence-corrected chi connectivity index (χ3v) is 4.59. The highest BCUT2D eigenvalue weighted by Crippen LogP contribution is 2.28. The zero-order chi connectivity index (χ0) is 18.8. The minimum atomic E-state index is -0.646. The van der Waals surface area contributed by atoms with Crippen LogP contribution in [0.4, 0.5) is 5.69 Å². The Morgan fingerprint density at radius 1 is 1.30 bits per heavy atom. The van der Waals surface area contributed by atoms with Crippen molar-refractivity contribution in [3.63, 3.8) is 0 Å². The summed E-state index contributed by atoms with van der Waals surface area (Å²) < 4.78 is 10.9. The van der Waals surface area contributed by atoms with Crippen molar-refractivity contribution < 1.29 is 13.9 Å². The molecule has 0 spiro atoms. The van der Waals surface area contributed by atoms with E-state index in [0.717, 1.165) is 24.1 Å². The number of aromatic nitrogens is 2.